The molecule has 0 radical (unpaired) electrons. The van der Waals surface area contributed by atoms with E-state index in [2.05, 4.69) is 58.9 Å². The van der Waals surface area contributed by atoms with Gasteiger partial charge in [-0.3, -0.25) is 9.98 Å². The van der Waals surface area contributed by atoms with Crippen LogP contribution in [0.2, 0.25) is 0 Å². The van der Waals surface area contributed by atoms with Crippen molar-refractivity contribution in [2.45, 2.75) is 31.5 Å². The fraction of sp³-hybridized carbons (Fsp3) is 0.412. The van der Waals surface area contributed by atoms with Crippen LogP contribution >= 0.6 is 11.8 Å². The monoisotopic (exact) mass is 312 g/mol. The molecule has 0 unspecified atom stereocenters. The van der Waals surface area contributed by atoms with E-state index in [9.17, 15) is 0 Å². The molecule has 2 aromatic rings. The lowest BCUT2D eigenvalue weighted by Crippen LogP contribution is -2.36. The molecule has 0 N–H and O–H groups in total. The molecule has 0 amide bonds. The molecule has 2 aliphatic heterocycles. The van der Waals surface area contributed by atoms with Crippen molar-refractivity contribution in [2.24, 2.45) is 12.0 Å². The summed E-state index contributed by atoms with van der Waals surface area (Å²) in [6, 6.07) is 11.4. The molecule has 114 valence electrons. The Morgan fingerprint density at radius 2 is 2.18 bits per heavy atom. The number of pyridine rings is 1. The van der Waals surface area contributed by atoms with Gasteiger partial charge >= 0.3 is 0 Å². The molecule has 5 heteroatoms. The Bertz CT molecular complexity index is 694. The van der Waals surface area contributed by atoms with Gasteiger partial charge in [0.25, 0.3) is 0 Å². The van der Waals surface area contributed by atoms with Gasteiger partial charge < -0.3 is 9.47 Å². The maximum absolute atomic E-state index is 5.03. The van der Waals surface area contributed by atoms with Crippen molar-refractivity contribution in [1.82, 2.24) is 14.5 Å². The summed E-state index contributed by atoms with van der Waals surface area (Å²) in [7, 11) is 2.12. The van der Waals surface area contributed by atoms with Crippen LogP contribution in [0, 0.1) is 0 Å². The summed E-state index contributed by atoms with van der Waals surface area (Å²) in [5.41, 5.74) is 2.38. The van der Waals surface area contributed by atoms with Crippen LogP contribution in [0.1, 0.15) is 36.8 Å². The van der Waals surface area contributed by atoms with Gasteiger partial charge in [0.15, 0.2) is 5.17 Å². The third kappa shape index (κ3) is 2.07. The van der Waals surface area contributed by atoms with Gasteiger partial charge in [-0.2, -0.15) is 0 Å². The molecule has 4 nitrogen and oxygen atoms in total. The Morgan fingerprint density at radius 3 is 2.86 bits per heavy atom. The largest absolute Gasteiger partial charge is 0.353 e. The summed E-state index contributed by atoms with van der Waals surface area (Å²) < 4.78 is 2.22. The lowest BCUT2D eigenvalue weighted by atomic mass is 9.99. The molecule has 1 saturated heterocycles. The zero-order valence-electron chi connectivity index (χ0n) is 12.9. The number of rotatable bonds is 3. The summed E-state index contributed by atoms with van der Waals surface area (Å²) in [6.45, 7) is 2.27. The molecule has 3 atom stereocenters. The highest BCUT2D eigenvalue weighted by Gasteiger charge is 2.46. The Morgan fingerprint density at radius 1 is 1.27 bits per heavy atom. The number of aliphatic imine (C=N–C) groups is 1. The molecule has 2 aromatic heterocycles. The first-order valence-corrected chi connectivity index (χ1v) is 8.79. The molecule has 0 bridgehead atoms. The number of thioether (sulfide) groups is 1. The predicted octanol–water partition coefficient (Wildman–Crippen LogP) is 3.40. The number of nitrogens with zero attached hydrogens (tertiary/aromatic N) is 4. The van der Waals surface area contributed by atoms with Crippen LogP contribution in [-0.4, -0.2) is 31.4 Å². The normalized spacial score (nSPS) is 27.1. The van der Waals surface area contributed by atoms with Gasteiger partial charge in [-0.1, -0.05) is 24.8 Å². The molecule has 1 fully saturated rings. The Hall–Kier alpha value is -1.75. The Labute approximate surface area is 135 Å². The molecular weight excluding hydrogens is 292 g/mol. The van der Waals surface area contributed by atoms with Crippen molar-refractivity contribution in [3.05, 3.63) is 54.1 Å². The number of fused-ring (bicyclic) bond motifs is 1. The summed E-state index contributed by atoms with van der Waals surface area (Å²) in [5.74, 6) is 1.14. The van der Waals surface area contributed by atoms with E-state index in [1.165, 1.54) is 10.9 Å². The van der Waals surface area contributed by atoms with Crippen molar-refractivity contribution in [2.75, 3.05) is 5.75 Å². The summed E-state index contributed by atoms with van der Waals surface area (Å²) in [6.07, 6.45) is 5.14. The van der Waals surface area contributed by atoms with E-state index in [1.807, 2.05) is 24.0 Å². The highest BCUT2D eigenvalue weighted by molar-refractivity contribution is 8.14. The van der Waals surface area contributed by atoms with Crippen LogP contribution in [0.4, 0.5) is 0 Å². The summed E-state index contributed by atoms with van der Waals surface area (Å²) >= 11 is 1.89. The van der Waals surface area contributed by atoms with Gasteiger partial charge in [-0.05, 0) is 30.7 Å². The van der Waals surface area contributed by atoms with Gasteiger partial charge in [-0.15, -0.1) is 0 Å². The molecular formula is C17H20N4S. The smallest absolute Gasteiger partial charge is 0.160 e. The van der Waals surface area contributed by atoms with Crippen molar-refractivity contribution in [3.63, 3.8) is 0 Å². The highest BCUT2D eigenvalue weighted by atomic mass is 32.2. The molecule has 22 heavy (non-hydrogen) atoms. The van der Waals surface area contributed by atoms with Crippen LogP contribution in [0.3, 0.4) is 0 Å². The molecule has 0 spiro atoms. The maximum Gasteiger partial charge on any atom is 0.160 e. The average molecular weight is 312 g/mol. The molecule has 2 aliphatic rings. The first-order chi connectivity index (χ1) is 10.8. The minimum atomic E-state index is 0.0895. The van der Waals surface area contributed by atoms with Crippen molar-refractivity contribution in [1.29, 1.82) is 0 Å². The number of amidine groups is 1. The zero-order valence-corrected chi connectivity index (χ0v) is 13.7. The van der Waals surface area contributed by atoms with Crippen molar-refractivity contribution < 1.29 is 0 Å². The lowest BCUT2D eigenvalue weighted by Gasteiger charge is -2.31. The first-order valence-electron chi connectivity index (χ1n) is 7.80. The van der Waals surface area contributed by atoms with Gasteiger partial charge in [0.2, 0.25) is 0 Å². The Kier molecular flexibility index (Phi) is 3.45. The third-order valence-electron chi connectivity index (χ3n) is 4.62. The second kappa shape index (κ2) is 5.47. The Balaban J connectivity index is 1.80. The van der Waals surface area contributed by atoms with Gasteiger partial charge in [0.05, 0.1) is 11.7 Å². The van der Waals surface area contributed by atoms with Gasteiger partial charge in [0, 0.05) is 36.9 Å². The van der Waals surface area contributed by atoms with E-state index in [0.29, 0.717) is 6.04 Å². The zero-order chi connectivity index (χ0) is 15.1. The van der Waals surface area contributed by atoms with E-state index in [4.69, 9.17) is 4.99 Å². The minimum absolute atomic E-state index is 0.0895. The van der Waals surface area contributed by atoms with Crippen molar-refractivity contribution in [3.8, 4) is 0 Å². The number of aromatic nitrogens is 2. The minimum Gasteiger partial charge on any atom is -0.353 e. The fourth-order valence-electron chi connectivity index (χ4n) is 3.45. The predicted molar refractivity (Wildman–Crippen MR) is 90.9 cm³/mol. The second-order valence-corrected chi connectivity index (χ2v) is 6.87. The average Bonchev–Trinajstić information content (AvgIpc) is 3.22. The summed E-state index contributed by atoms with van der Waals surface area (Å²) in [5, 5.41) is 1.19. The molecule has 4 rings (SSSR count). The van der Waals surface area contributed by atoms with Gasteiger partial charge in [-0.25, -0.2) is 0 Å². The van der Waals surface area contributed by atoms with Crippen LogP contribution < -0.4 is 0 Å². The SMILES string of the molecule is CC[C@@H]1CSC2=N[C@@H](c3ccccn3)[C@H](c3cccn3C)N21. The number of hydrogen-bond donors (Lipinski definition) is 0. The number of hydrogen-bond acceptors (Lipinski definition) is 4. The van der Waals surface area contributed by atoms with Crippen LogP contribution in [0.15, 0.2) is 47.7 Å². The van der Waals surface area contributed by atoms with Crippen molar-refractivity contribution >= 4 is 16.9 Å². The molecule has 0 aromatic carbocycles. The molecule has 4 heterocycles. The fourth-order valence-corrected chi connectivity index (χ4v) is 4.79. The van der Waals surface area contributed by atoms with Gasteiger partial charge in [0.1, 0.15) is 6.04 Å². The standard InChI is InChI=1S/C17H20N4S/c1-3-12-11-22-17-19-15(13-7-4-5-9-18-13)16(21(12)17)14-8-6-10-20(14)2/h4-10,12,15-16H,3,11H2,1-2H3/t12-,15+,16+/m1/s1. The van der Waals surface area contributed by atoms with E-state index in [0.717, 1.165) is 17.9 Å². The molecule has 0 aliphatic carbocycles. The third-order valence-corrected chi connectivity index (χ3v) is 5.74. The maximum atomic E-state index is 5.03. The highest BCUT2D eigenvalue weighted by Crippen LogP contribution is 2.48. The van der Waals surface area contributed by atoms with Crippen LogP contribution in [0.5, 0.6) is 0 Å². The van der Waals surface area contributed by atoms with E-state index in [1.54, 1.807) is 0 Å². The number of aryl methyl sites for hydroxylation is 1. The lowest BCUT2D eigenvalue weighted by molar-refractivity contribution is 0.247. The van der Waals surface area contributed by atoms with Crippen LogP contribution in [-0.2, 0) is 7.05 Å². The van der Waals surface area contributed by atoms with E-state index >= 15 is 0 Å². The molecule has 0 saturated carbocycles. The van der Waals surface area contributed by atoms with E-state index in [-0.39, 0.29) is 12.1 Å². The van der Waals surface area contributed by atoms with Crippen LogP contribution in [0.25, 0.3) is 0 Å². The quantitative estimate of drug-likeness (QED) is 0.871. The summed E-state index contributed by atoms with van der Waals surface area (Å²) in [4.78, 5) is 12.1. The first kappa shape index (κ1) is 13.9. The topological polar surface area (TPSA) is 33.4 Å². The van der Waals surface area contributed by atoms with E-state index < -0.39 is 0 Å². The second-order valence-electron chi connectivity index (χ2n) is 5.88.